The van der Waals surface area contributed by atoms with Gasteiger partial charge in [0.25, 0.3) is 0 Å². The van der Waals surface area contributed by atoms with Crippen molar-refractivity contribution in [1.29, 1.82) is 0 Å². The van der Waals surface area contributed by atoms with Gasteiger partial charge in [0.1, 0.15) is 0 Å². The first-order valence-electron chi connectivity index (χ1n) is 6.31. The van der Waals surface area contributed by atoms with Crippen molar-refractivity contribution in [1.82, 2.24) is 9.88 Å². The molecule has 94 valence electrons. The summed E-state index contributed by atoms with van der Waals surface area (Å²) in [6.45, 7) is 6.98. The third-order valence-electron chi connectivity index (χ3n) is 3.39. The molecule has 0 aliphatic carbocycles. The molecule has 0 spiro atoms. The van der Waals surface area contributed by atoms with Crippen LogP contribution < -0.4 is 5.32 Å². The van der Waals surface area contributed by atoms with Gasteiger partial charge in [-0.25, -0.2) is 0 Å². The van der Waals surface area contributed by atoms with Gasteiger partial charge in [-0.15, -0.1) is 0 Å². The van der Waals surface area contributed by atoms with Crippen molar-refractivity contribution in [2.45, 2.75) is 19.8 Å². The molecule has 4 heteroatoms. The number of aromatic nitrogens is 1. The van der Waals surface area contributed by atoms with E-state index in [0.29, 0.717) is 0 Å². The van der Waals surface area contributed by atoms with Crippen LogP contribution in [0, 0.1) is 5.92 Å². The number of anilines is 1. The van der Waals surface area contributed by atoms with Crippen LogP contribution in [-0.2, 0) is 0 Å². The van der Waals surface area contributed by atoms with Crippen molar-refractivity contribution in [3.8, 4) is 0 Å². The summed E-state index contributed by atoms with van der Waals surface area (Å²) in [7, 11) is 0. The molecular weight excluding hydrogens is 278 g/mol. The summed E-state index contributed by atoms with van der Waals surface area (Å²) in [6, 6.07) is 2.00. The monoisotopic (exact) mass is 297 g/mol. The zero-order valence-electron chi connectivity index (χ0n) is 10.3. The van der Waals surface area contributed by atoms with Crippen LogP contribution in [0.1, 0.15) is 19.8 Å². The SMILES string of the molecule is CC1CCN(CCNc2ccncc2Br)CC1. The van der Waals surface area contributed by atoms with Crippen LogP contribution in [0.5, 0.6) is 0 Å². The molecule has 1 aliphatic rings. The van der Waals surface area contributed by atoms with Crippen molar-refractivity contribution < 1.29 is 0 Å². The Hall–Kier alpha value is -0.610. The molecule has 0 saturated carbocycles. The lowest BCUT2D eigenvalue weighted by Crippen LogP contribution is -2.36. The molecule has 1 fully saturated rings. The molecule has 2 heterocycles. The van der Waals surface area contributed by atoms with E-state index in [9.17, 15) is 0 Å². The minimum Gasteiger partial charge on any atom is -0.383 e. The Morgan fingerprint density at radius 1 is 1.47 bits per heavy atom. The third kappa shape index (κ3) is 3.96. The first-order chi connectivity index (χ1) is 8.25. The van der Waals surface area contributed by atoms with E-state index in [1.165, 1.54) is 25.9 Å². The first-order valence-corrected chi connectivity index (χ1v) is 7.11. The number of nitrogens with zero attached hydrogens (tertiary/aromatic N) is 2. The average molecular weight is 298 g/mol. The van der Waals surface area contributed by atoms with Crippen LogP contribution in [0.4, 0.5) is 5.69 Å². The Morgan fingerprint density at radius 3 is 2.94 bits per heavy atom. The fraction of sp³-hybridized carbons (Fsp3) is 0.615. The fourth-order valence-electron chi connectivity index (χ4n) is 2.15. The Labute approximate surface area is 112 Å². The van der Waals surface area contributed by atoms with Gasteiger partial charge in [0, 0.05) is 25.5 Å². The van der Waals surface area contributed by atoms with E-state index in [1.54, 1.807) is 0 Å². The lowest BCUT2D eigenvalue weighted by molar-refractivity contribution is 0.199. The predicted molar refractivity (Wildman–Crippen MR) is 75.3 cm³/mol. The maximum atomic E-state index is 4.05. The number of pyridine rings is 1. The molecule has 1 aliphatic heterocycles. The van der Waals surface area contributed by atoms with E-state index in [4.69, 9.17) is 0 Å². The minimum atomic E-state index is 0.911. The summed E-state index contributed by atoms with van der Waals surface area (Å²) >= 11 is 3.49. The molecule has 0 aromatic carbocycles. The molecule has 17 heavy (non-hydrogen) atoms. The molecule has 3 nitrogen and oxygen atoms in total. The van der Waals surface area contributed by atoms with E-state index in [1.807, 2.05) is 18.5 Å². The van der Waals surface area contributed by atoms with Crippen molar-refractivity contribution >= 4 is 21.6 Å². The molecule has 0 radical (unpaired) electrons. The summed E-state index contributed by atoms with van der Waals surface area (Å²) in [5.41, 5.74) is 1.13. The highest BCUT2D eigenvalue weighted by atomic mass is 79.9. The Morgan fingerprint density at radius 2 is 2.24 bits per heavy atom. The molecule has 1 aromatic rings. The van der Waals surface area contributed by atoms with Crippen LogP contribution in [0.3, 0.4) is 0 Å². The molecule has 1 aromatic heterocycles. The summed E-state index contributed by atoms with van der Waals surface area (Å²) in [5, 5.41) is 3.44. The average Bonchev–Trinajstić information content (AvgIpc) is 2.34. The number of hydrogen-bond donors (Lipinski definition) is 1. The molecule has 0 unspecified atom stereocenters. The van der Waals surface area contributed by atoms with Crippen LogP contribution in [0.25, 0.3) is 0 Å². The predicted octanol–water partition coefficient (Wildman–Crippen LogP) is 2.99. The van der Waals surface area contributed by atoms with Crippen molar-refractivity contribution in [2.24, 2.45) is 5.92 Å². The maximum absolute atomic E-state index is 4.05. The number of piperidine rings is 1. The van der Waals surface area contributed by atoms with Crippen molar-refractivity contribution in [2.75, 3.05) is 31.5 Å². The molecular formula is C13H20BrN3. The number of rotatable bonds is 4. The first kappa shape index (κ1) is 12.8. The van der Waals surface area contributed by atoms with E-state index in [2.05, 4.69) is 38.1 Å². The quantitative estimate of drug-likeness (QED) is 0.926. The second kappa shape index (κ2) is 6.36. The number of halogens is 1. The molecule has 0 atom stereocenters. The molecule has 0 amide bonds. The van der Waals surface area contributed by atoms with Gasteiger partial charge in [-0.2, -0.15) is 0 Å². The fourth-order valence-corrected chi connectivity index (χ4v) is 2.54. The smallest absolute Gasteiger partial charge is 0.0590 e. The second-order valence-electron chi connectivity index (χ2n) is 4.81. The second-order valence-corrected chi connectivity index (χ2v) is 5.66. The molecule has 0 bridgehead atoms. The topological polar surface area (TPSA) is 28.2 Å². The van der Waals surface area contributed by atoms with Crippen LogP contribution in [-0.4, -0.2) is 36.1 Å². The van der Waals surface area contributed by atoms with E-state index < -0.39 is 0 Å². The molecule has 1 saturated heterocycles. The van der Waals surface area contributed by atoms with Gasteiger partial charge in [-0.3, -0.25) is 4.98 Å². The highest BCUT2D eigenvalue weighted by molar-refractivity contribution is 9.10. The number of nitrogens with one attached hydrogen (secondary N) is 1. The van der Waals surface area contributed by atoms with Gasteiger partial charge in [0.2, 0.25) is 0 Å². The van der Waals surface area contributed by atoms with Crippen molar-refractivity contribution in [3.05, 3.63) is 22.9 Å². The third-order valence-corrected chi connectivity index (χ3v) is 4.02. The molecule has 1 N–H and O–H groups in total. The van der Waals surface area contributed by atoms with E-state index in [-0.39, 0.29) is 0 Å². The Balaban J connectivity index is 1.71. The largest absolute Gasteiger partial charge is 0.383 e. The van der Waals surface area contributed by atoms with Gasteiger partial charge < -0.3 is 10.2 Å². The summed E-state index contributed by atoms with van der Waals surface area (Å²) in [5.74, 6) is 0.911. The lowest BCUT2D eigenvalue weighted by atomic mass is 9.99. The zero-order chi connectivity index (χ0) is 12.1. The van der Waals surface area contributed by atoms with Crippen LogP contribution >= 0.6 is 15.9 Å². The lowest BCUT2D eigenvalue weighted by Gasteiger charge is -2.30. The van der Waals surface area contributed by atoms with Crippen molar-refractivity contribution in [3.63, 3.8) is 0 Å². The van der Waals surface area contributed by atoms with Gasteiger partial charge in [-0.05, 0) is 53.8 Å². The standard InChI is InChI=1S/C13H20BrN3/c1-11-3-7-17(8-4-11)9-6-16-13-2-5-15-10-12(13)14/h2,5,10-11H,3-4,6-9H2,1H3,(H,15,16). The maximum Gasteiger partial charge on any atom is 0.0590 e. The summed E-state index contributed by atoms with van der Waals surface area (Å²) < 4.78 is 1.03. The van der Waals surface area contributed by atoms with E-state index in [0.717, 1.165) is 29.2 Å². The minimum absolute atomic E-state index is 0.911. The Bertz CT molecular complexity index is 348. The highest BCUT2D eigenvalue weighted by Gasteiger charge is 2.14. The van der Waals surface area contributed by atoms with Gasteiger partial charge in [0.15, 0.2) is 0 Å². The zero-order valence-corrected chi connectivity index (χ0v) is 11.9. The van der Waals surface area contributed by atoms with E-state index >= 15 is 0 Å². The molecule has 2 rings (SSSR count). The number of likely N-dealkylation sites (tertiary alicyclic amines) is 1. The summed E-state index contributed by atoms with van der Waals surface area (Å²) in [6.07, 6.45) is 6.33. The van der Waals surface area contributed by atoms with Gasteiger partial charge in [0.05, 0.1) is 10.2 Å². The van der Waals surface area contributed by atoms with Crippen LogP contribution in [0.2, 0.25) is 0 Å². The van der Waals surface area contributed by atoms with Gasteiger partial charge in [-0.1, -0.05) is 6.92 Å². The highest BCUT2D eigenvalue weighted by Crippen LogP contribution is 2.20. The van der Waals surface area contributed by atoms with Gasteiger partial charge >= 0.3 is 0 Å². The number of hydrogen-bond acceptors (Lipinski definition) is 3. The summed E-state index contributed by atoms with van der Waals surface area (Å²) in [4.78, 5) is 6.60. The normalized spacial score (nSPS) is 18.2. The Kier molecular flexibility index (Phi) is 4.80. The van der Waals surface area contributed by atoms with Crippen LogP contribution in [0.15, 0.2) is 22.9 Å².